The third-order valence-corrected chi connectivity index (χ3v) is 4.06. The van der Waals surface area contributed by atoms with E-state index < -0.39 is 0 Å². The minimum absolute atomic E-state index is 0.0836. The molecule has 25 heavy (non-hydrogen) atoms. The molecule has 0 aliphatic carbocycles. The summed E-state index contributed by atoms with van der Waals surface area (Å²) < 4.78 is 7.46. The number of rotatable bonds is 2. The fourth-order valence-corrected chi connectivity index (χ4v) is 2.90. The van der Waals surface area contributed by atoms with E-state index in [0.29, 0.717) is 21.9 Å². The van der Waals surface area contributed by atoms with Crippen LogP contribution in [0, 0.1) is 6.92 Å². The van der Waals surface area contributed by atoms with Crippen molar-refractivity contribution >= 4 is 11.0 Å². The smallest absolute Gasteiger partial charge is 0.140 e. The minimum Gasteiger partial charge on any atom is -0.507 e. The SMILES string of the molecule is Cc1cc(O)c2/c(=N/N)c(-c3cnn(-c4ccccc4)c3)coc2c1. The summed E-state index contributed by atoms with van der Waals surface area (Å²) in [7, 11) is 0. The molecule has 6 heteroatoms. The fourth-order valence-electron chi connectivity index (χ4n) is 2.90. The predicted molar refractivity (Wildman–Crippen MR) is 94.9 cm³/mol. The number of aryl methyl sites for hydroxylation is 1. The molecule has 0 bridgehead atoms. The van der Waals surface area contributed by atoms with Crippen LogP contribution >= 0.6 is 0 Å². The third kappa shape index (κ3) is 2.53. The van der Waals surface area contributed by atoms with E-state index >= 15 is 0 Å². The standard InChI is InChI=1S/C19H16N4O2/c1-12-7-16(24)18-17(8-12)25-11-15(19(18)22-20)13-9-21-23(10-13)14-5-3-2-4-6-14/h2-11,24H,20H2,1H3/b22-19+. The lowest BCUT2D eigenvalue weighted by Gasteiger charge is -2.06. The Bertz CT molecular complexity index is 1130. The summed E-state index contributed by atoms with van der Waals surface area (Å²) in [6, 6.07) is 13.3. The number of phenolic OH excluding ortho intramolecular Hbond substituents is 1. The van der Waals surface area contributed by atoms with Gasteiger partial charge in [0.1, 0.15) is 23.0 Å². The molecule has 4 aromatic rings. The van der Waals surface area contributed by atoms with Crippen molar-refractivity contribution in [1.82, 2.24) is 9.78 Å². The van der Waals surface area contributed by atoms with Gasteiger partial charge in [0.25, 0.3) is 0 Å². The highest BCUT2D eigenvalue weighted by Crippen LogP contribution is 2.27. The number of benzene rings is 2. The molecule has 0 amide bonds. The summed E-state index contributed by atoms with van der Waals surface area (Å²) in [5, 5.41) is 19.5. The maximum atomic E-state index is 10.3. The van der Waals surface area contributed by atoms with Crippen LogP contribution in [-0.2, 0) is 0 Å². The number of nitrogens with two attached hydrogens (primary N) is 1. The van der Waals surface area contributed by atoms with E-state index in [2.05, 4.69) is 10.2 Å². The monoisotopic (exact) mass is 332 g/mol. The molecule has 3 N–H and O–H groups in total. The van der Waals surface area contributed by atoms with Crippen molar-refractivity contribution in [3.05, 3.63) is 72.0 Å². The van der Waals surface area contributed by atoms with Crippen LogP contribution in [0.5, 0.6) is 5.75 Å². The van der Waals surface area contributed by atoms with Gasteiger partial charge in [-0.15, -0.1) is 0 Å². The van der Waals surface area contributed by atoms with Gasteiger partial charge in [0, 0.05) is 17.3 Å². The Hall–Kier alpha value is -3.54. The maximum absolute atomic E-state index is 10.3. The first-order chi connectivity index (χ1) is 12.2. The maximum Gasteiger partial charge on any atom is 0.140 e. The van der Waals surface area contributed by atoms with Gasteiger partial charge < -0.3 is 15.4 Å². The van der Waals surface area contributed by atoms with E-state index in [-0.39, 0.29) is 5.75 Å². The highest BCUT2D eigenvalue weighted by Gasteiger charge is 2.13. The van der Waals surface area contributed by atoms with Crippen molar-refractivity contribution in [3.63, 3.8) is 0 Å². The average molecular weight is 332 g/mol. The molecule has 0 spiro atoms. The molecular formula is C19H16N4O2. The number of nitrogens with zero attached hydrogens (tertiary/aromatic N) is 3. The molecule has 0 radical (unpaired) electrons. The van der Waals surface area contributed by atoms with E-state index in [9.17, 15) is 5.11 Å². The van der Waals surface area contributed by atoms with Crippen molar-refractivity contribution in [1.29, 1.82) is 0 Å². The van der Waals surface area contributed by atoms with Crippen molar-refractivity contribution < 1.29 is 9.52 Å². The quantitative estimate of drug-likeness (QED) is 0.436. The molecule has 124 valence electrons. The van der Waals surface area contributed by atoms with Gasteiger partial charge in [-0.05, 0) is 36.8 Å². The van der Waals surface area contributed by atoms with Gasteiger partial charge in [0.05, 0.1) is 17.3 Å². The van der Waals surface area contributed by atoms with Crippen LogP contribution in [0.2, 0.25) is 0 Å². The summed E-state index contributed by atoms with van der Waals surface area (Å²) in [4.78, 5) is 0. The largest absolute Gasteiger partial charge is 0.507 e. The van der Waals surface area contributed by atoms with Gasteiger partial charge in [-0.2, -0.15) is 10.2 Å². The number of aromatic nitrogens is 2. The second kappa shape index (κ2) is 5.83. The number of phenols is 1. The average Bonchev–Trinajstić information content (AvgIpc) is 3.11. The molecule has 0 fully saturated rings. The number of para-hydroxylation sites is 1. The second-order valence-corrected chi connectivity index (χ2v) is 5.79. The molecule has 2 aromatic carbocycles. The first-order valence-corrected chi connectivity index (χ1v) is 7.77. The van der Waals surface area contributed by atoms with Crippen molar-refractivity contribution in [2.75, 3.05) is 0 Å². The second-order valence-electron chi connectivity index (χ2n) is 5.79. The van der Waals surface area contributed by atoms with Crippen molar-refractivity contribution in [2.45, 2.75) is 6.92 Å². The molecule has 0 aliphatic heterocycles. The van der Waals surface area contributed by atoms with Gasteiger partial charge in [0.2, 0.25) is 0 Å². The van der Waals surface area contributed by atoms with Gasteiger partial charge in [-0.3, -0.25) is 0 Å². The highest BCUT2D eigenvalue weighted by molar-refractivity contribution is 5.87. The Balaban J connectivity index is 1.92. The summed E-state index contributed by atoms with van der Waals surface area (Å²) in [5.41, 5.74) is 3.81. The van der Waals surface area contributed by atoms with Crippen molar-refractivity contribution in [2.24, 2.45) is 10.9 Å². The van der Waals surface area contributed by atoms with Crippen LogP contribution in [0.15, 0.2) is 70.6 Å². The number of hydrogen-bond donors (Lipinski definition) is 2. The Kier molecular flexibility index (Phi) is 3.50. The Labute approximate surface area is 143 Å². The fraction of sp³-hybridized carbons (Fsp3) is 0.0526. The summed E-state index contributed by atoms with van der Waals surface area (Å²) in [6.07, 6.45) is 5.16. The van der Waals surface area contributed by atoms with Gasteiger partial charge in [0.15, 0.2) is 0 Å². The Morgan fingerprint density at radius 3 is 2.76 bits per heavy atom. The van der Waals surface area contributed by atoms with Crippen molar-refractivity contribution in [3.8, 4) is 22.6 Å². The summed E-state index contributed by atoms with van der Waals surface area (Å²) >= 11 is 0. The molecule has 2 heterocycles. The molecule has 0 atom stereocenters. The summed E-state index contributed by atoms with van der Waals surface area (Å²) in [5.74, 6) is 5.71. The van der Waals surface area contributed by atoms with E-state index in [1.165, 1.54) is 0 Å². The van der Waals surface area contributed by atoms with Gasteiger partial charge in [-0.25, -0.2) is 4.68 Å². The third-order valence-electron chi connectivity index (χ3n) is 4.06. The lowest BCUT2D eigenvalue weighted by atomic mass is 10.1. The van der Waals surface area contributed by atoms with E-state index in [1.54, 1.807) is 23.2 Å². The number of hydrogen-bond acceptors (Lipinski definition) is 5. The van der Waals surface area contributed by atoms with Gasteiger partial charge >= 0.3 is 0 Å². The van der Waals surface area contributed by atoms with Crippen LogP contribution in [0.3, 0.4) is 0 Å². The van der Waals surface area contributed by atoms with E-state index in [1.807, 2.05) is 49.5 Å². The van der Waals surface area contributed by atoms with Crippen LogP contribution in [0.25, 0.3) is 27.8 Å². The van der Waals surface area contributed by atoms with Crippen LogP contribution in [0.1, 0.15) is 5.56 Å². The van der Waals surface area contributed by atoms with Gasteiger partial charge in [-0.1, -0.05) is 18.2 Å². The first-order valence-electron chi connectivity index (χ1n) is 7.77. The molecular weight excluding hydrogens is 316 g/mol. The molecule has 0 unspecified atom stereocenters. The first kappa shape index (κ1) is 15.0. The zero-order valence-corrected chi connectivity index (χ0v) is 13.5. The molecule has 2 aromatic heterocycles. The normalized spacial score (nSPS) is 12.0. The zero-order chi connectivity index (χ0) is 17.4. The van der Waals surface area contributed by atoms with Crippen LogP contribution in [-0.4, -0.2) is 14.9 Å². The molecule has 0 saturated heterocycles. The minimum atomic E-state index is 0.0836. The molecule has 0 saturated carbocycles. The lowest BCUT2D eigenvalue weighted by molar-refractivity contribution is 0.479. The number of fused-ring (bicyclic) bond motifs is 1. The topological polar surface area (TPSA) is 89.6 Å². The zero-order valence-electron chi connectivity index (χ0n) is 13.5. The lowest BCUT2D eigenvalue weighted by Crippen LogP contribution is -2.10. The van der Waals surface area contributed by atoms with Crippen LogP contribution < -0.4 is 11.2 Å². The summed E-state index contributed by atoms with van der Waals surface area (Å²) in [6.45, 7) is 1.88. The predicted octanol–water partition coefficient (Wildman–Crippen LogP) is 3.07. The van der Waals surface area contributed by atoms with Crippen LogP contribution in [0.4, 0.5) is 0 Å². The molecule has 6 nitrogen and oxygen atoms in total. The Morgan fingerprint density at radius 1 is 1.20 bits per heavy atom. The Morgan fingerprint density at radius 2 is 2.00 bits per heavy atom. The highest BCUT2D eigenvalue weighted by atomic mass is 16.3. The molecule has 0 aliphatic rings. The van der Waals surface area contributed by atoms with E-state index in [0.717, 1.165) is 16.8 Å². The number of aromatic hydroxyl groups is 1. The van der Waals surface area contributed by atoms with E-state index in [4.69, 9.17) is 10.3 Å². The molecule has 4 rings (SSSR count).